The number of amides is 1. The van der Waals surface area contributed by atoms with E-state index in [2.05, 4.69) is 0 Å². The second kappa shape index (κ2) is 10.7. The minimum Gasteiger partial charge on any atom is -0.507 e. The maximum Gasteiger partial charge on any atom is 0.300 e. The molecular formula is C30H28N2O6. The van der Waals surface area contributed by atoms with E-state index in [9.17, 15) is 20.0 Å². The Morgan fingerprint density at radius 1 is 0.895 bits per heavy atom. The van der Waals surface area contributed by atoms with Crippen molar-refractivity contribution < 1.29 is 28.9 Å². The summed E-state index contributed by atoms with van der Waals surface area (Å²) >= 11 is 0. The Kier molecular flexibility index (Phi) is 7.40. The van der Waals surface area contributed by atoms with Crippen molar-refractivity contribution in [3.05, 3.63) is 88.5 Å². The van der Waals surface area contributed by atoms with E-state index in [0.717, 1.165) is 5.56 Å². The highest BCUT2D eigenvalue weighted by molar-refractivity contribution is 6.51. The van der Waals surface area contributed by atoms with E-state index >= 15 is 0 Å². The Morgan fingerprint density at radius 2 is 1.53 bits per heavy atom. The largest absolute Gasteiger partial charge is 0.507 e. The predicted molar refractivity (Wildman–Crippen MR) is 143 cm³/mol. The van der Waals surface area contributed by atoms with Crippen molar-refractivity contribution >= 4 is 23.1 Å². The molecule has 3 aromatic carbocycles. The van der Waals surface area contributed by atoms with Crippen molar-refractivity contribution in [3.63, 3.8) is 0 Å². The van der Waals surface area contributed by atoms with Crippen LogP contribution in [0, 0.1) is 11.3 Å². The lowest BCUT2D eigenvalue weighted by Gasteiger charge is -2.26. The number of hydrogen-bond donors (Lipinski definition) is 1. The van der Waals surface area contributed by atoms with E-state index < -0.39 is 17.7 Å². The van der Waals surface area contributed by atoms with Crippen LogP contribution in [0.15, 0.2) is 66.2 Å². The molecule has 1 N–H and O–H groups in total. The van der Waals surface area contributed by atoms with Crippen molar-refractivity contribution in [1.82, 2.24) is 0 Å². The molecular weight excluding hydrogens is 484 g/mol. The summed E-state index contributed by atoms with van der Waals surface area (Å²) in [4.78, 5) is 28.2. The summed E-state index contributed by atoms with van der Waals surface area (Å²) in [5.41, 5.74) is 2.52. The number of methoxy groups -OCH3 is 3. The first-order valence-corrected chi connectivity index (χ1v) is 12.0. The summed E-state index contributed by atoms with van der Waals surface area (Å²) in [6.07, 6.45) is 0. The molecule has 38 heavy (non-hydrogen) atoms. The molecule has 1 unspecified atom stereocenters. The Hall–Kier alpha value is -4.77. The normalized spacial score (nSPS) is 16.4. The summed E-state index contributed by atoms with van der Waals surface area (Å²) in [6, 6.07) is 17.6. The highest BCUT2D eigenvalue weighted by atomic mass is 16.5. The number of nitrogens with zero attached hydrogens (tertiary/aromatic N) is 2. The fraction of sp³-hybridized carbons (Fsp3) is 0.233. The summed E-state index contributed by atoms with van der Waals surface area (Å²) in [5, 5.41) is 20.7. The lowest BCUT2D eigenvalue weighted by Crippen LogP contribution is -2.29. The quantitative estimate of drug-likeness (QED) is 0.259. The van der Waals surface area contributed by atoms with Gasteiger partial charge in [0.05, 0.1) is 44.6 Å². The zero-order chi connectivity index (χ0) is 27.6. The van der Waals surface area contributed by atoms with Gasteiger partial charge in [-0.2, -0.15) is 5.26 Å². The number of ether oxygens (including phenoxy) is 3. The van der Waals surface area contributed by atoms with Crippen LogP contribution in [-0.4, -0.2) is 38.1 Å². The molecule has 1 fully saturated rings. The molecule has 4 rings (SSSR count). The molecule has 0 bridgehead atoms. The van der Waals surface area contributed by atoms with Gasteiger partial charge < -0.3 is 19.3 Å². The first-order chi connectivity index (χ1) is 18.2. The highest BCUT2D eigenvalue weighted by Gasteiger charge is 2.47. The third-order valence-corrected chi connectivity index (χ3v) is 6.57. The number of carbonyl (C=O) groups is 2. The van der Waals surface area contributed by atoms with Crippen LogP contribution < -0.4 is 19.1 Å². The summed E-state index contributed by atoms with van der Waals surface area (Å²) in [7, 11) is 4.57. The van der Waals surface area contributed by atoms with Gasteiger partial charge in [0, 0.05) is 11.3 Å². The number of anilines is 1. The number of rotatable bonds is 7. The van der Waals surface area contributed by atoms with Gasteiger partial charge in [-0.3, -0.25) is 14.5 Å². The van der Waals surface area contributed by atoms with Crippen LogP contribution in [0.4, 0.5) is 5.69 Å². The van der Waals surface area contributed by atoms with Crippen LogP contribution in [0.2, 0.25) is 0 Å². The minimum atomic E-state index is -0.965. The topological polar surface area (TPSA) is 109 Å². The number of aliphatic hydroxyl groups is 1. The molecule has 0 aliphatic carbocycles. The van der Waals surface area contributed by atoms with Crippen LogP contribution in [0.5, 0.6) is 17.2 Å². The number of nitriles is 1. The first-order valence-electron chi connectivity index (χ1n) is 12.0. The van der Waals surface area contributed by atoms with Gasteiger partial charge in [0.25, 0.3) is 11.7 Å². The number of ketones is 1. The summed E-state index contributed by atoms with van der Waals surface area (Å²) in [6.45, 7) is 3.99. The van der Waals surface area contributed by atoms with E-state index in [1.165, 1.54) is 19.1 Å². The molecule has 1 aliphatic rings. The Bertz CT molecular complexity index is 1470. The number of Topliss-reactive ketones (excluding diaryl/α,β-unsaturated/α-hetero) is 1. The van der Waals surface area contributed by atoms with E-state index in [1.807, 2.05) is 19.9 Å². The van der Waals surface area contributed by atoms with Crippen LogP contribution >= 0.6 is 0 Å². The number of hydrogen-bond acceptors (Lipinski definition) is 7. The lowest BCUT2D eigenvalue weighted by molar-refractivity contribution is -0.132. The van der Waals surface area contributed by atoms with Crippen LogP contribution in [-0.2, 0) is 9.59 Å². The Balaban J connectivity index is 1.97. The second-order valence-corrected chi connectivity index (χ2v) is 9.05. The third-order valence-electron chi connectivity index (χ3n) is 6.57. The van der Waals surface area contributed by atoms with Gasteiger partial charge in [0.1, 0.15) is 11.5 Å². The molecule has 8 nitrogen and oxygen atoms in total. The molecule has 1 aliphatic heterocycles. The number of aliphatic hydroxyl groups excluding tert-OH is 1. The second-order valence-electron chi connectivity index (χ2n) is 9.05. The third kappa shape index (κ3) is 4.55. The maximum atomic E-state index is 13.5. The van der Waals surface area contributed by atoms with Crippen molar-refractivity contribution in [2.24, 2.45) is 0 Å². The molecule has 8 heteroatoms. The lowest BCUT2D eigenvalue weighted by atomic mass is 9.93. The molecule has 0 radical (unpaired) electrons. The van der Waals surface area contributed by atoms with Gasteiger partial charge in [0.15, 0.2) is 11.5 Å². The first kappa shape index (κ1) is 26.3. The van der Waals surface area contributed by atoms with Gasteiger partial charge in [0.2, 0.25) is 0 Å². The average molecular weight is 513 g/mol. The average Bonchev–Trinajstić information content (AvgIpc) is 3.21. The molecule has 1 atom stereocenters. The molecule has 3 aromatic rings. The zero-order valence-electron chi connectivity index (χ0n) is 21.8. The van der Waals surface area contributed by atoms with Gasteiger partial charge in [-0.1, -0.05) is 19.9 Å². The van der Waals surface area contributed by atoms with Crippen molar-refractivity contribution in [3.8, 4) is 23.3 Å². The van der Waals surface area contributed by atoms with Gasteiger partial charge >= 0.3 is 0 Å². The maximum absolute atomic E-state index is 13.5. The van der Waals surface area contributed by atoms with Gasteiger partial charge in [-0.05, 0) is 71.6 Å². The number of carbonyl (C=O) groups excluding carboxylic acids is 2. The van der Waals surface area contributed by atoms with E-state index in [4.69, 9.17) is 14.2 Å². The van der Waals surface area contributed by atoms with E-state index in [1.54, 1.807) is 67.8 Å². The standard InChI is InChI=1S/C30H28N2O6/c1-17(2)22-14-20(9-12-23(22)36-3)28(33)26-27(19-8-13-24(37-4)25(15-19)38-5)32(30(35)29(26)34)21-10-6-18(16-31)7-11-21/h6-15,17,27,33H,1-5H3/b28-26+. The zero-order valence-corrected chi connectivity index (χ0v) is 21.8. The Labute approximate surface area is 221 Å². The fourth-order valence-corrected chi connectivity index (χ4v) is 4.62. The van der Waals surface area contributed by atoms with Gasteiger partial charge in [-0.15, -0.1) is 0 Å². The van der Waals surface area contributed by atoms with Crippen LogP contribution in [0.1, 0.15) is 48.1 Å². The molecule has 1 amide bonds. The summed E-state index contributed by atoms with van der Waals surface area (Å²) < 4.78 is 16.3. The minimum absolute atomic E-state index is 0.0635. The van der Waals surface area contributed by atoms with Crippen molar-refractivity contribution in [2.45, 2.75) is 25.8 Å². The van der Waals surface area contributed by atoms with Crippen LogP contribution in [0.25, 0.3) is 5.76 Å². The van der Waals surface area contributed by atoms with Crippen molar-refractivity contribution in [1.29, 1.82) is 5.26 Å². The predicted octanol–water partition coefficient (Wildman–Crippen LogP) is 5.33. The fourth-order valence-electron chi connectivity index (χ4n) is 4.62. The molecule has 0 aromatic heterocycles. The van der Waals surface area contributed by atoms with E-state index in [-0.39, 0.29) is 17.3 Å². The van der Waals surface area contributed by atoms with Crippen LogP contribution in [0.3, 0.4) is 0 Å². The van der Waals surface area contributed by atoms with Crippen molar-refractivity contribution in [2.75, 3.05) is 26.2 Å². The molecule has 1 saturated heterocycles. The smallest absolute Gasteiger partial charge is 0.300 e. The summed E-state index contributed by atoms with van der Waals surface area (Å²) in [5.74, 6) is -0.303. The van der Waals surface area contributed by atoms with E-state index in [0.29, 0.717) is 39.6 Å². The van der Waals surface area contributed by atoms with Gasteiger partial charge in [-0.25, -0.2) is 0 Å². The Morgan fingerprint density at radius 3 is 2.11 bits per heavy atom. The SMILES string of the molecule is COc1ccc(C2/C(=C(\O)c3ccc(OC)c(C(C)C)c3)C(=O)C(=O)N2c2ccc(C#N)cc2)cc1OC. The highest BCUT2D eigenvalue weighted by Crippen LogP contribution is 2.44. The molecule has 194 valence electrons. The number of benzene rings is 3. The molecule has 0 spiro atoms. The molecule has 1 heterocycles. The monoisotopic (exact) mass is 512 g/mol. The molecule has 0 saturated carbocycles.